The molecule has 0 bridgehead atoms. The molecule has 2 aromatic heterocycles. The van der Waals surface area contributed by atoms with Crippen LogP contribution in [-0.4, -0.2) is 31.2 Å². The van der Waals surface area contributed by atoms with Crippen molar-refractivity contribution in [3.8, 4) is 0 Å². The first-order valence-corrected chi connectivity index (χ1v) is 9.72. The van der Waals surface area contributed by atoms with Crippen molar-refractivity contribution in [1.29, 1.82) is 0 Å². The molecule has 3 aromatic rings. The summed E-state index contributed by atoms with van der Waals surface area (Å²) in [5.74, 6) is 0.384. The van der Waals surface area contributed by atoms with Crippen LogP contribution >= 0.6 is 28.1 Å². The van der Waals surface area contributed by atoms with E-state index in [4.69, 9.17) is 12.2 Å². The number of rotatable bonds is 7. The molecule has 1 aromatic carbocycles. The highest BCUT2D eigenvalue weighted by Crippen LogP contribution is 2.13. The smallest absolute Gasteiger partial charge is 0.171 e. The van der Waals surface area contributed by atoms with Crippen molar-refractivity contribution in [2.24, 2.45) is 0 Å². The molecule has 3 rings (SSSR count). The molecule has 27 heavy (non-hydrogen) atoms. The van der Waals surface area contributed by atoms with Crippen LogP contribution in [0, 0.1) is 12.7 Å². The zero-order valence-corrected chi connectivity index (χ0v) is 17.2. The van der Waals surface area contributed by atoms with E-state index in [-0.39, 0.29) is 5.82 Å². The first-order chi connectivity index (χ1) is 13.0. The molecule has 0 unspecified atom stereocenters. The number of hydrogen-bond acceptors (Lipinski definition) is 3. The second-order valence-corrected chi connectivity index (χ2v) is 7.31. The maximum Gasteiger partial charge on any atom is 0.171 e. The van der Waals surface area contributed by atoms with Crippen LogP contribution in [0.4, 0.5) is 10.2 Å². The molecule has 0 spiro atoms. The molecule has 9 heteroatoms. The average molecular weight is 451 g/mol. The number of nitrogens with zero attached hydrogens (tertiary/aromatic N) is 4. The predicted octanol–water partition coefficient (Wildman–Crippen LogP) is 3.71. The zero-order valence-electron chi connectivity index (χ0n) is 14.8. The molecule has 0 saturated heterocycles. The maximum absolute atomic E-state index is 13.7. The van der Waals surface area contributed by atoms with E-state index in [9.17, 15) is 4.39 Å². The number of thiocarbonyl (C=S) groups is 1. The molecule has 0 radical (unpaired) electrons. The van der Waals surface area contributed by atoms with E-state index in [0.717, 1.165) is 29.7 Å². The zero-order chi connectivity index (χ0) is 19.2. The summed E-state index contributed by atoms with van der Waals surface area (Å²) >= 11 is 8.74. The van der Waals surface area contributed by atoms with Gasteiger partial charge in [0.15, 0.2) is 10.9 Å². The van der Waals surface area contributed by atoms with Gasteiger partial charge in [-0.2, -0.15) is 10.2 Å². The summed E-state index contributed by atoms with van der Waals surface area (Å²) in [4.78, 5) is 0. The van der Waals surface area contributed by atoms with E-state index in [1.54, 1.807) is 29.1 Å². The lowest BCUT2D eigenvalue weighted by molar-refractivity contribution is 0.570. The Balaban J connectivity index is 1.42. The fourth-order valence-electron chi connectivity index (χ4n) is 2.53. The molecule has 142 valence electrons. The fraction of sp³-hybridized carbons (Fsp3) is 0.278. The first-order valence-electron chi connectivity index (χ1n) is 8.52. The van der Waals surface area contributed by atoms with Gasteiger partial charge in [-0.3, -0.25) is 9.36 Å². The normalized spacial score (nSPS) is 10.8. The molecule has 0 atom stereocenters. The van der Waals surface area contributed by atoms with E-state index in [1.807, 2.05) is 23.9 Å². The highest BCUT2D eigenvalue weighted by atomic mass is 79.9. The Hall–Kier alpha value is -2.26. The minimum absolute atomic E-state index is 0.237. The number of halogens is 2. The summed E-state index contributed by atoms with van der Waals surface area (Å²) in [7, 11) is 0. The van der Waals surface area contributed by atoms with E-state index in [1.165, 1.54) is 6.07 Å². The summed E-state index contributed by atoms with van der Waals surface area (Å²) in [5.41, 5.74) is 1.57. The quantitative estimate of drug-likeness (QED) is 0.424. The van der Waals surface area contributed by atoms with Crippen LogP contribution in [-0.2, 0) is 13.1 Å². The third kappa shape index (κ3) is 5.61. The van der Waals surface area contributed by atoms with Gasteiger partial charge in [-0.15, -0.1) is 0 Å². The van der Waals surface area contributed by atoms with Crippen LogP contribution in [0.3, 0.4) is 0 Å². The van der Waals surface area contributed by atoms with Gasteiger partial charge in [-0.25, -0.2) is 4.39 Å². The predicted molar refractivity (Wildman–Crippen MR) is 111 cm³/mol. The minimum atomic E-state index is -0.237. The molecule has 0 amide bonds. The van der Waals surface area contributed by atoms with Gasteiger partial charge in [0.2, 0.25) is 0 Å². The Morgan fingerprint density at radius 1 is 1.22 bits per heavy atom. The number of benzene rings is 1. The number of aromatic nitrogens is 4. The molecular weight excluding hydrogens is 431 g/mol. The van der Waals surface area contributed by atoms with Crippen molar-refractivity contribution < 1.29 is 4.39 Å². The van der Waals surface area contributed by atoms with Gasteiger partial charge in [-0.1, -0.05) is 18.2 Å². The number of anilines is 1. The molecule has 0 saturated carbocycles. The van der Waals surface area contributed by atoms with Crippen LogP contribution in [0.5, 0.6) is 0 Å². The van der Waals surface area contributed by atoms with Crippen LogP contribution in [0.25, 0.3) is 0 Å². The van der Waals surface area contributed by atoms with Crippen LogP contribution in [0.1, 0.15) is 17.7 Å². The van der Waals surface area contributed by atoms with Crippen molar-refractivity contribution >= 4 is 39.1 Å². The molecule has 0 aliphatic carbocycles. The summed E-state index contributed by atoms with van der Waals surface area (Å²) in [6.45, 7) is 3.86. The second kappa shape index (κ2) is 9.09. The Labute approximate surface area is 170 Å². The van der Waals surface area contributed by atoms with Gasteiger partial charge >= 0.3 is 0 Å². The topological polar surface area (TPSA) is 59.7 Å². The SMILES string of the molecule is Cc1nn(CCCNC(=S)Nc2ccn(Cc3ccccc3F)n2)cc1Br. The van der Waals surface area contributed by atoms with Crippen molar-refractivity contribution in [3.05, 3.63) is 64.3 Å². The molecule has 0 aliphatic heterocycles. The van der Waals surface area contributed by atoms with Gasteiger partial charge in [0.1, 0.15) is 5.82 Å². The van der Waals surface area contributed by atoms with Crippen molar-refractivity contribution in [2.45, 2.75) is 26.4 Å². The largest absolute Gasteiger partial charge is 0.362 e. The number of nitrogens with one attached hydrogen (secondary N) is 2. The highest BCUT2D eigenvalue weighted by molar-refractivity contribution is 9.10. The summed E-state index contributed by atoms with van der Waals surface area (Å²) in [5, 5.41) is 15.5. The van der Waals surface area contributed by atoms with Crippen molar-refractivity contribution in [2.75, 3.05) is 11.9 Å². The maximum atomic E-state index is 13.7. The van der Waals surface area contributed by atoms with Gasteiger partial charge in [-0.05, 0) is 47.6 Å². The van der Waals surface area contributed by atoms with Crippen molar-refractivity contribution in [1.82, 2.24) is 24.9 Å². The highest BCUT2D eigenvalue weighted by Gasteiger charge is 2.05. The molecule has 6 nitrogen and oxygen atoms in total. The monoisotopic (exact) mass is 450 g/mol. The lowest BCUT2D eigenvalue weighted by atomic mass is 10.2. The fourth-order valence-corrected chi connectivity index (χ4v) is 3.05. The molecule has 0 aliphatic rings. The van der Waals surface area contributed by atoms with Gasteiger partial charge in [0.05, 0.1) is 16.7 Å². The molecule has 0 fully saturated rings. The van der Waals surface area contributed by atoms with Gasteiger partial charge < -0.3 is 10.6 Å². The third-order valence-corrected chi connectivity index (χ3v) is 4.93. The Morgan fingerprint density at radius 2 is 2.04 bits per heavy atom. The molecular formula is C18H20BrFN6S. The van der Waals surface area contributed by atoms with Gasteiger partial charge in [0, 0.05) is 37.1 Å². The standard InChI is InChI=1S/C18H20BrFN6S/c1-13-15(19)12-25(23-13)9-4-8-21-18(27)22-17-7-10-26(24-17)11-14-5-2-3-6-16(14)20/h2-3,5-7,10,12H,4,8-9,11H2,1H3,(H2,21,22,24,27). The molecule has 2 N–H and O–H groups in total. The minimum Gasteiger partial charge on any atom is -0.362 e. The van der Waals surface area contributed by atoms with Crippen LogP contribution in [0.2, 0.25) is 0 Å². The summed E-state index contributed by atoms with van der Waals surface area (Å²) in [6, 6.07) is 8.48. The second-order valence-electron chi connectivity index (χ2n) is 6.05. The Morgan fingerprint density at radius 3 is 2.78 bits per heavy atom. The van der Waals surface area contributed by atoms with Crippen LogP contribution in [0.15, 0.2) is 47.2 Å². The summed E-state index contributed by atoms with van der Waals surface area (Å²) in [6.07, 6.45) is 4.64. The number of hydrogen-bond donors (Lipinski definition) is 2. The lowest BCUT2D eigenvalue weighted by Gasteiger charge is -2.08. The van der Waals surface area contributed by atoms with E-state index < -0.39 is 0 Å². The average Bonchev–Trinajstić information content (AvgIpc) is 3.20. The third-order valence-electron chi connectivity index (χ3n) is 3.91. The number of aryl methyl sites for hydroxylation is 2. The van der Waals surface area contributed by atoms with E-state index >= 15 is 0 Å². The van der Waals surface area contributed by atoms with Crippen molar-refractivity contribution in [3.63, 3.8) is 0 Å². The Kier molecular flexibility index (Phi) is 6.57. The van der Waals surface area contributed by atoms with E-state index in [2.05, 4.69) is 36.8 Å². The Bertz CT molecular complexity index is 903. The summed E-state index contributed by atoms with van der Waals surface area (Å²) < 4.78 is 18.3. The molecule has 2 heterocycles. The van der Waals surface area contributed by atoms with Gasteiger partial charge in [0.25, 0.3) is 0 Å². The van der Waals surface area contributed by atoms with Crippen LogP contribution < -0.4 is 10.6 Å². The van der Waals surface area contributed by atoms with E-state index in [0.29, 0.717) is 23.0 Å². The first kappa shape index (κ1) is 19.5. The lowest BCUT2D eigenvalue weighted by Crippen LogP contribution is -2.30.